The molecule has 18 unspecified atom stereocenters. The molecule has 14 rings (SSSR count). The highest BCUT2D eigenvalue weighted by molar-refractivity contribution is 7.49. The number of amides is 2. The zero-order valence-corrected chi connectivity index (χ0v) is 86.4. The first-order valence-corrected chi connectivity index (χ1v) is 51.6. The smallest absolute Gasteiger partial charge is 0.457 e. The number of ether oxygens (including phenoxy) is 9. The quantitative estimate of drug-likeness (QED) is 0.00658. The highest BCUT2D eigenvalue weighted by Crippen LogP contribution is 2.58. The number of nitrogens with one attached hydrogen (secondary N) is 7. The number of aryl methyl sites for hydroxylation is 7. The van der Waals surface area contributed by atoms with E-state index < -0.39 is 268 Å². The highest BCUT2D eigenvalue weighted by atomic mass is 31.2. The Labute approximate surface area is 851 Å². The maximum atomic E-state index is 15.2. The maximum Gasteiger partial charge on any atom is 0.475 e. The van der Waals surface area contributed by atoms with Crippen LogP contribution in [0.15, 0.2) is 93.9 Å². The summed E-state index contributed by atoms with van der Waals surface area (Å²) in [6, 6.07) is 6.49. The van der Waals surface area contributed by atoms with Gasteiger partial charge in [-0.1, -0.05) is 34.6 Å². The zero-order chi connectivity index (χ0) is 109. The van der Waals surface area contributed by atoms with Crippen LogP contribution in [0, 0.1) is 93.9 Å². The molecule has 8 N–H and O–H groups in total. The average molecular weight is 2150 g/mol. The lowest BCUT2D eigenvalue weighted by Crippen LogP contribution is -2.34. The van der Waals surface area contributed by atoms with Crippen molar-refractivity contribution in [3.8, 4) is 0 Å². The molecule has 2 aromatic carbocycles. The van der Waals surface area contributed by atoms with Crippen LogP contribution in [0.5, 0.6) is 0 Å². The molecule has 0 aliphatic carbocycles. The zero-order valence-electron chi connectivity index (χ0n) is 83.7. The van der Waals surface area contributed by atoms with Crippen LogP contribution in [0.2, 0.25) is 0 Å². The number of nitrogens with zero attached hydrogens (tertiary/aromatic N) is 12. The van der Waals surface area contributed by atoms with Gasteiger partial charge in [0.05, 0.1) is 62.4 Å². The molecule has 0 bridgehead atoms. The Kier molecular flexibility index (Phi) is 37.6. The number of hydrogen-bond acceptors (Lipinski definition) is 40. The van der Waals surface area contributed by atoms with Crippen LogP contribution in [0.3, 0.4) is 0 Å². The normalized spacial score (nSPS) is 22.7. The van der Waals surface area contributed by atoms with Crippen LogP contribution in [0.1, 0.15) is 175 Å². The number of esters is 4. The summed E-state index contributed by atoms with van der Waals surface area (Å²) < 4.78 is 156. The molecule has 18 atom stereocenters. The van der Waals surface area contributed by atoms with Crippen LogP contribution in [0.4, 0.5) is 11.9 Å². The van der Waals surface area contributed by atoms with Gasteiger partial charge in [0.15, 0.2) is 35.5 Å². The lowest BCUT2D eigenvalue weighted by molar-refractivity contribution is -0.157. The molecule has 2 amide bonds. The van der Waals surface area contributed by atoms with Gasteiger partial charge in [-0.25, -0.2) is 76.9 Å². The Morgan fingerprint density at radius 1 is 0.427 bits per heavy atom. The van der Waals surface area contributed by atoms with Gasteiger partial charge in [0.25, 0.3) is 27.8 Å². The van der Waals surface area contributed by atoms with Crippen molar-refractivity contribution in [3.05, 3.63) is 234 Å². The number of fused-ring (bicyclic) bond motifs is 2. The summed E-state index contributed by atoms with van der Waals surface area (Å²) in [5, 5.41) is 15.4. The number of carbonyl (C=O) groups is 6. The molecule has 5 aliphatic heterocycles. The van der Waals surface area contributed by atoms with Crippen molar-refractivity contribution < 1.29 is 131 Å². The number of rotatable bonds is 43. The van der Waals surface area contributed by atoms with Gasteiger partial charge in [0.1, 0.15) is 99.8 Å². The lowest BCUT2D eigenvalue weighted by atomic mass is 10.0. The van der Waals surface area contributed by atoms with Crippen molar-refractivity contribution >= 4 is 93.4 Å². The molecule has 0 radical (unpaired) electrons. The topological polar surface area (TPSA) is 669 Å². The number of phosphoric acid groups is 3. The fourth-order valence-corrected chi connectivity index (χ4v) is 20.4. The molecule has 7 aromatic heterocycles. The third kappa shape index (κ3) is 27.9. The molecule has 58 heteroatoms. The predicted molar refractivity (Wildman–Crippen MR) is 521 cm³/mol. The fraction of sp³-hybridized carbons (Fsp3) is 0.533. The van der Waals surface area contributed by atoms with Crippen LogP contribution in [-0.4, -0.2) is 249 Å². The second-order valence-corrected chi connectivity index (χ2v) is 41.0. The Morgan fingerprint density at radius 3 is 1.05 bits per heavy atom. The van der Waals surface area contributed by atoms with E-state index in [1.807, 2.05) is 41.5 Å². The summed E-state index contributed by atoms with van der Waals surface area (Å²) in [6.07, 6.45) is -12.7. The number of anilines is 2. The molecule has 0 spiro atoms. The lowest BCUT2D eigenvalue weighted by Gasteiger charge is -2.27. The third-order valence-electron chi connectivity index (χ3n) is 24.7. The van der Waals surface area contributed by atoms with Gasteiger partial charge < -0.3 is 62.3 Å². The fourth-order valence-electron chi connectivity index (χ4n) is 16.2. The van der Waals surface area contributed by atoms with Crippen molar-refractivity contribution in [2.45, 2.75) is 228 Å². The summed E-state index contributed by atoms with van der Waals surface area (Å²) in [7, 11) is -14.6. The summed E-state index contributed by atoms with van der Waals surface area (Å²) in [5.41, 5.74) is 0.0370. The molecular weight excluding hydrogens is 2040 g/mol. The van der Waals surface area contributed by atoms with Gasteiger partial charge in [-0.05, 0) is 126 Å². The SMILES string of the molecule is [C-]#[N+]CCOP(=O)(OCC1OC(n2cc(C)c(=O)[nH]c2=O)CC1OC(=O)COC(=O)c1cc(C)c(C)c(C)c1)OC1CC(n2cnc3c(=O)[nH]c(NC(=O)C(C)C)nc32)OC1CO.[C-]#[N+]CCOP(=O)(OCC1OC(n2cnc3c(=O)[nH]c(NC(=O)C(C)C)nc32)CC1OP(=O)(OCC[N+]#[C-])OCC1OC(n2cc(C)c(=O)[nH]c2=O)CC1OC(=O)COC(=O)c1cc(C)c(C)c(C)c1)OC1CC(n2cc(C)c(=O)[nH]c2=O)OC1CC. The molecule has 9 aromatic rings. The predicted octanol–water partition coefficient (Wildman–Crippen LogP) is 6.57. The van der Waals surface area contributed by atoms with E-state index in [9.17, 15) is 81.4 Å². The van der Waals surface area contributed by atoms with Crippen LogP contribution in [0.25, 0.3) is 36.9 Å². The van der Waals surface area contributed by atoms with Gasteiger partial charge in [-0.3, -0.25) is 133 Å². The number of carbonyl (C=O) groups excluding carboxylic acids is 6. The number of hydrogen-bond donors (Lipinski definition) is 8. The van der Waals surface area contributed by atoms with Gasteiger partial charge in [0.2, 0.25) is 43.3 Å². The van der Waals surface area contributed by atoms with E-state index in [1.54, 1.807) is 58.9 Å². The second kappa shape index (κ2) is 49.6. The Morgan fingerprint density at radius 2 is 0.727 bits per heavy atom. The third-order valence-corrected chi connectivity index (χ3v) is 29.2. The largest absolute Gasteiger partial charge is 0.475 e. The minimum atomic E-state index is -5.06. The number of phosphoric ester groups is 3. The van der Waals surface area contributed by atoms with Gasteiger partial charge in [-0.15, -0.1) is 0 Å². The highest BCUT2D eigenvalue weighted by Gasteiger charge is 2.51. The summed E-state index contributed by atoms with van der Waals surface area (Å²) in [6.45, 7) is 38.8. The number of imidazole rings is 2. The average Bonchev–Trinajstić information content (AvgIpc) is 1.63. The Hall–Kier alpha value is -13.4. The summed E-state index contributed by atoms with van der Waals surface area (Å²) >= 11 is 0. The molecule has 12 heterocycles. The van der Waals surface area contributed by atoms with Gasteiger partial charge in [0, 0.05) is 79.2 Å². The number of aromatic nitrogens is 14. The first-order valence-electron chi connectivity index (χ1n) is 47.2. The number of aromatic amines is 5. The molecule has 5 aliphatic rings. The van der Waals surface area contributed by atoms with Crippen molar-refractivity contribution in [1.29, 1.82) is 0 Å². The van der Waals surface area contributed by atoms with Gasteiger partial charge in [-0.2, -0.15) is 9.97 Å². The van der Waals surface area contributed by atoms with Crippen LogP contribution < -0.4 is 55.5 Å². The number of aliphatic hydroxyl groups is 1. The van der Waals surface area contributed by atoms with Crippen molar-refractivity contribution in [1.82, 2.24) is 67.7 Å². The van der Waals surface area contributed by atoms with Crippen LogP contribution in [-0.2, 0) is 116 Å². The summed E-state index contributed by atoms with van der Waals surface area (Å²) in [5.74, 6) is -5.84. The van der Waals surface area contributed by atoms with E-state index in [0.29, 0.717) is 0 Å². The minimum Gasteiger partial charge on any atom is -0.457 e. The molecule has 5 saturated heterocycles. The number of H-pyrrole nitrogens is 5. The molecular formula is C92H112N19O36P3. The number of benzene rings is 2. The Balaban J connectivity index is 0.000000263. The molecule has 0 saturated carbocycles. The molecule has 150 heavy (non-hydrogen) atoms. The first-order chi connectivity index (χ1) is 71.2. The Bertz CT molecular complexity index is 7340. The first kappa shape index (κ1) is 114. The van der Waals surface area contributed by atoms with E-state index in [4.69, 9.17) is 103 Å². The van der Waals surface area contributed by atoms with Gasteiger partial charge >= 0.3 is 64.4 Å². The molecule has 55 nitrogen and oxygen atoms in total. The van der Waals surface area contributed by atoms with E-state index >= 15 is 4.57 Å². The molecule has 5 fully saturated rings. The van der Waals surface area contributed by atoms with E-state index in [-0.39, 0.29) is 120 Å². The minimum absolute atomic E-state index is 0.0216. The van der Waals surface area contributed by atoms with Crippen molar-refractivity contribution in [3.63, 3.8) is 0 Å². The monoisotopic (exact) mass is 2150 g/mol. The van der Waals surface area contributed by atoms with E-state index in [0.717, 1.165) is 47.1 Å². The summed E-state index contributed by atoms with van der Waals surface area (Å²) in [4.78, 5) is 218. The van der Waals surface area contributed by atoms with Crippen LogP contribution >= 0.6 is 23.5 Å². The number of aliphatic hydroxyl groups excluding tert-OH is 1. The molecule has 806 valence electrons. The standard InChI is InChI=1S/C53H65N11O21P2.C39H47N8O15P/c1-11-34-36(19-41(80-34)63-22-31(7)48(68)61-53(63)72)84-86(73,76-14-12-54-9)79-24-39-37(20-42(82-39)64-26-56-44-45(64)57-51(59-49(44)69)58-46(66)27(2)3)85-87(74,77-15-13-55-10)78-23-38-35(18-40(81-38)62-21-30(6)47(67)60-52(62)71)83-43(65)25-75-50(70)33-16-28(4)32(8)29(5)17-33;1-19(2)34(50)43-38-42-33-32(36(52)44-38)41-18-47(33)30-13-26(27(15-48)59-30)62-63(55,57-9-8-40-7)58-16-28-25(12-29(60-28)46-14-22(5)35(51)45-39(46)54)61-31(49)17-56-37(53)24-10-20(3)23(6)21(4)11-24/h16-17,21-22,26-27,34-42H,11-15,18-20,23-25H2,1-8H3,(H,60,67,71)(H,61,68,72)(H2,57,58,59,66,69);10-11,14,18-19,25-30,48H,8-9,12-13,15-17H2,1-6H3,(H,45,51,54)(H2,42,43,44,50,52). The second-order valence-electron chi connectivity index (χ2n) is 36.1. The maximum absolute atomic E-state index is 15.2. The van der Waals surface area contributed by atoms with Crippen molar-refractivity contribution in [2.75, 3.05) is 89.7 Å². The van der Waals surface area contributed by atoms with E-state index in [1.165, 1.54) is 61.2 Å². The van der Waals surface area contributed by atoms with Crippen molar-refractivity contribution in [2.24, 2.45) is 11.8 Å². The van der Waals surface area contributed by atoms with E-state index in [2.05, 4.69) is 70.0 Å².